The summed E-state index contributed by atoms with van der Waals surface area (Å²) in [6.45, 7) is 5.95. The van der Waals surface area contributed by atoms with Crippen LogP contribution in [0, 0.1) is 12.7 Å². The van der Waals surface area contributed by atoms with Crippen molar-refractivity contribution in [1.29, 1.82) is 0 Å². The van der Waals surface area contributed by atoms with E-state index in [1.165, 1.54) is 23.5 Å². The first kappa shape index (κ1) is 28.0. The molecule has 41 heavy (non-hydrogen) atoms. The number of esters is 1. The minimum atomic E-state index is -0.662. The Morgan fingerprint density at radius 2 is 1.78 bits per heavy atom. The van der Waals surface area contributed by atoms with Gasteiger partial charge >= 0.3 is 5.97 Å². The molecule has 0 unspecified atom stereocenters. The SMILES string of the molecule is CCOC(=O)C1=C(C)N=c2s/c(=C/c3ccc(OCc4ccc(F)cc4)c(OC)c3)c(=O)n2[C@@H]1c1ccc(C)cc1. The third kappa shape index (κ3) is 5.85. The van der Waals surface area contributed by atoms with Crippen molar-refractivity contribution in [1.82, 2.24) is 4.57 Å². The summed E-state index contributed by atoms with van der Waals surface area (Å²) in [5, 5.41) is 0. The first-order chi connectivity index (χ1) is 19.8. The van der Waals surface area contributed by atoms with Crippen LogP contribution in [0.25, 0.3) is 6.08 Å². The number of carbonyl (C=O) groups excluding carboxylic acids is 1. The Balaban J connectivity index is 1.53. The molecule has 4 aromatic rings. The number of allylic oxidation sites excluding steroid dienone is 1. The predicted molar refractivity (Wildman–Crippen MR) is 155 cm³/mol. The third-order valence-corrected chi connectivity index (χ3v) is 7.69. The Bertz CT molecular complexity index is 1800. The van der Waals surface area contributed by atoms with Crippen LogP contribution in [0.3, 0.4) is 0 Å². The molecule has 5 rings (SSSR count). The van der Waals surface area contributed by atoms with Crippen molar-refractivity contribution in [2.75, 3.05) is 13.7 Å². The van der Waals surface area contributed by atoms with Crippen molar-refractivity contribution in [3.05, 3.63) is 126 Å². The van der Waals surface area contributed by atoms with Crippen molar-refractivity contribution in [2.45, 2.75) is 33.4 Å². The Morgan fingerprint density at radius 3 is 2.46 bits per heavy atom. The van der Waals surface area contributed by atoms with Crippen molar-refractivity contribution in [3.8, 4) is 11.5 Å². The molecule has 210 valence electrons. The predicted octanol–water partition coefficient (Wildman–Crippen LogP) is 4.83. The molecule has 0 saturated carbocycles. The number of ether oxygens (including phenoxy) is 3. The van der Waals surface area contributed by atoms with E-state index >= 15 is 0 Å². The molecule has 7 nitrogen and oxygen atoms in total. The average molecular weight is 573 g/mol. The number of rotatable bonds is 8. The van der Waals surface area contributed by atoms with E-state index in [0.717, 1.165) is 22.3 Å². The molecule has 0 fully saturated rings. The van der Waals surface area contributed by atoms with E-state index in [1.54, 1.807) is 55.9 Å². The molecule has 3 aromatic carbocycles. The quantitative estimate of drug-likeness (QED) is 0.283. The van der Waals surface area contributed by atoms with Gasteiger partial charge in [0.25, 0.3) is 5.56 Å². The van der Waals surface area contributed by atoms with Crippen LogP contribution in [0.4, 0.5) is 4.39 Å². The van der Waals surface area contributed by atoms with E-state index in [1.807, 2.05) is 37.3 Å². The topological polar surface area (TPSA) is 79.1 Å². The largest absolute Gasteiger partial charge is 0.493 e. The number of thiazole rings is 1. The molecule has 2 heterocycles. The van der Waals surface area contributed by atoms with Crippen molar-refractivity contribution >= 4 is 23.4 Å². The Hall–Kier alpha value is -4.50. The lowest BCUT2D eigenvalue weighted by atomic mass is 9.95. The molecule has 0 amide bonds. The zero-order chi connectivity index (χ0) is 29.1. The fourth-order valence-electron chi connectivity index (χ4n) is 4.64. The molecule has 0 N–H and O–H groups in total. The maximum absolute atomic E-state index is 13.8. The highest BCUT2D eigenvalue weighted by Gasteiger charge is 2.33. The first-order valence-electron chi connectivity index (χ1n) is 13.1. The highest BCUT2D eigenvalue weighted by molar-refractivity contribution is 7.07. The molecule has 9 heteroatoms. The Kier molecular flexibility index (Phi) is 8.16. The summed E-state index contributed by atoms with van der Waals surface area (Å²) < 4.78 is 32.0. The van der Waals surface area contributed by atoms with Crippen LogP contribution in [-0.2, 0) is 16.1 Å². The normalized spacial score (nSPS) is 14.9. The van der Waals surface area contributed by atoms with Gasteiger partial charge in [-0.1, -0.05) is 59.4 Å². The second-order valence-corrected chi connectivity index (χ2v) is 10.5. The highest BCUT2D eigenvalue weighted by Crippen LogP contribution is 2.31. The van der Waals surface area contributed by atoms with Crippen LogP contribution in [0.1, 0.15) is 42.1 Å². The highest BCUT2D eigenvalue weighted by atomic mass is 32.1. The van der Waals surface area contributed by atoms with E-state index in [-0.39, 0.29) is 24.6 Å². The second kappa shape index (κ2) is 11.9. The lowest BCUT2D eigenvalue weighted by molar-refractivity contribution is -0.139. The summed E-state index contributed by atoms with van der Waals surface area (Å²) in [5.41, 5.74) is 4.02. The number of halogens is 1. The number of nitrogens with zero attached hydrogens (tertiary/aromatic N) is 2. The van der Waals surface area contributed by atoms with Gasteiger partial charge in [0.1, 0.15) is 12.4 Å². The van der Waals surface area contributed by atoms with Gasteiger partial charge in [-0.05, 0) is 67.8 Å². The van der Waals surface area contributed by atoms with Gasteiger partial charge in [0.05, 0.1) is 35.6 Å². The summed E-state index contributed by atoms with van der Waals surface area (Å²) in [6.07, 6.45) is 1.77. The molecular weight excluding hydrogens is 543 g/mol. The van der Waals surface area contributed by atoms with Crippen LogP contribution in [-0.4, -0.2) is 24.3 Å². The summed E-state index contributed by atoms with van der Waals surface area (Å²) in [5.74, 6) is 0.212. The van der Waals surface area contributed by atoms with Crippen LogP contribution >= 0.6 is 11.3 Å². The Labute approximate surface area is 240 Å². The van der Waals surface area contributed by atoms with Gasteiger partial charge in [-0.2, -0.15) is 0 Å². The summed E-state index contributed by atoms with van der Waals surface area (Å²) in [6, 6.07) is 18.6. The van der Waals surface area contributed by atoms with Crippen LogP contribution < -0.4 is 24.4 Å². The molecule has 1 aliphatic rings. The number of carbonyl (C=O) groups is 1. The Morgan fingerprint density at radius 1 is 1.05 bits per heavy atom. The molecule has 1 atom stereocenters. The first-order valence-corrected chi connectivity index (χ1v) is 13.9. The standard InChI is InChI=1S/C32H29FN2O5S/c1-5-39-31(37)28-20(3)34-32-35(29(28)23-11-6-19(2)7-12-23)30(36)27(41-32)17-22-10-15-25(26(16-22)38-4)40-18-21-8-13-24(33)14-9-21/h6-17,29H,5,18H2,1-4H3/b27-17+/t29-/m1/s1. The number of methoxy groups -OCH3 is 1. The average Bonchev–Trinajstić information content (AvgIpc) is 3.26. The van der Waals surface area contributed by atoms with Gasteiger partial charge in [-0.3, -0.25) is 9.36 Å². The fraction of sp³-hybridized carbons (Fsp3) is 0.219. The second-order valence-electron chi connectivity index (χ2n) is 9.54. The number of hydrogen-bond acceptors (Lipinski definition) is 7. The van der Waals surface area contributed by atoms with E-state index in [9.17, 15) is 14.0 Å². The minimum absolute atomic E-state index is 0.214. The molecule has 1 aromatic heterocycles. The number of aryl methyl sites for hydroxylation is 1. The molecular formula is C32H29FN2O5S. The lowest BCUT2D eigenvalue weighted by Gasteiger charge is -2.24. The van der Waals surface area contributed by atoms with Crippen LogP contribution in [0.15, 0.2) is 87.8 Å². The van der Waals surface area contributed by atoms with Crippen LogP contribution in [0.2, 0.25) is 0 Å². The summed E-state index contributed by atoms with van der Waals surface area (Å²) in [7, 11) is 1.54. The zero-order valence-corrected chi connectivity index (χ0v) is 24.0. The van der Waals surface area contributed by atoms with Gasteiger partial charge < -0.3 is 14.2 Å². The van der Waals surface area contributed by atoms with E-state index in [0.29, 0.717) is 32.1 Å². The number of aromatic nitrogens is 1. The van der Waals surface area contributed by atoms with Gasteiger partial charge in [0, 0.05) is 0 Å². The third-order valence-electron chi connectivity index (χ3n) is 6.70. The number of benzene rings is 3. The smallest absolute Gasteiger partial charge is 0.338 e. The van der Waals surface area contributed by atoms with Crippen molar-refractivity contribution in [2.24, 2.45) is 4.99 Å². The monoisotopic (exact) mass is 572 g/mol. The fourth-order valence-corrected chi connectivity index (χ4v) is 5.69. The lowest BCUT2D eigenvalue weighted by Crippen LogP contribution is -2.39. The van der Waals surface area contributed by atoms with Crippen LogP contribution in [0.5, 0.6) is 11.5 Å². The maximum atomic E-state index is 13.8. The van der Waals surface area contributed by atoms with E-state index < -0.39 is 12.0 Å². The minimum Gasteiger partial charge on any atom is -0.493 e. The number of hydrogen-bond donors (Lipinski definition) is 0. The molecule has 0 spiro atoms. The molecule has 0 saturated heterocycles. The van der Waals surface area contributed by atoms with Gasteiger partial charge in [-0.25, -0.2) is 14.2 Å². The molecule has 1 aliphatic heterocycles. The molecule has 0 bridgehead atoms. The summed E-state index contributed by atoms with van der Waals surface area (Å²) >= 11 is 1.25. The molecule has 0 aliphatic carbocycles. The molecule has 0 radical (unpaired) electrons. The number of fused-ring (bicyclic) bond motifs is 1. The zero-order valence-electron chi connectivity index (χ0n) is 23.1. The maximum Gasteiger partial charge on any atom is 0.338 e. The van der Waals surface area contributed by atoms with Gasteiger partial charge in [0.2, 0.25) is 0 Å². The van der Waals surface area contributed by atoms with Crippen molar-refractivity contribution < 1.29 is 23.4 Å². The van der Waals surface area contributed by atoms with E-state index in [2.05, 4.69) is 4.99 Å². The summed E-state index contributed by atoms with van der Waals surface area (Å²) in [4.78, 5) is 32.0. The van der Waals surface area contributed by atoms with E-state index in [4.69, 9.17) is 14.2 Å². The van der Waals surface area contributed by atoms with Crippen molar-refractivity contribution in [3.63, 3.8) is 0 Å². The van der Waals surface area contributed by atoms with Gasteiger partial charge in [0.15, 0.2) is 16.3 Å². The van der Waals surface area contributed by atoms with Gasteiger partial charge in [-0.15, -0.1) is 0 Å².